The van der Waals surface area contributed by atoms with E-state index in [4.69, 9.17) is 9.47 Å². The molecule has 4 rings (SSSR count). The van der Waals surface area contributed by atoms with Crippen LogP contribution >= 0.6 is 0 Å². The molecule has 1 aliphatic heterocycles. The first kappa shape index (κ1) is 19.8. The monoisotopic (exact) mass is 402 g/mol. The van der Waals surface area contributed by atoms with E-state index in [0.29, 0.717) is 19.8 Å². The molecule has 1 heterocycles. The summed E-state index contributed by atoms with van der Waals surface area (Å²) in [5.41, 5.74) is 3.24. The number of nitrogens with one attached hydrogen (secondary N) is 1. The normalized spacial score (nSPS) is 12.7. The number of amides is 1. The quantitative estimate of drug-likeness (QED) is 0.562. The average molecular weight is 402 g/mol. The van der Waals surface area contributed by atoms with Gasteiger partial charge in [-0.25, -0.2) is 0 Å². The standard InChI is InChI=1S/C25H26N2O3/c28-25(19-27-16-6-8-20-7-4-5-11-24(20)27)26-21-12-14-23(15-13-21)30-18-17-29-22-9-2-1-3-10-22/h1-5,7,9-15H,6,8,16-19H2,(H,26,28). The van der Waals surface area contributed by atoms with Gasteiger partial charge in [0.15, 0.2) is 0 Å². The van der Waals surface area contributed by atoms with Crippen molar-refractivity contribution in [2.45, 2.75) is 12.8 Å². The lowest BCUT2D eigenvalue weighted by atomic mass is 10.0. The predicted octanol–water partition coefficient (Wildman–Crippen LogP) is 4.54. The Morgan fingerprint density at radius 1 is 0.833 bits per heavy atom. The van der Waals surface area contributed by atoms with Gasteiger partial charge in [-0.15, -0.1) is 0 Å². The van der Waals surface area contributed by atoms with Gasteiger partial charge in [0, 0.05) is 17.9 Å². The zero-order valence-corrected chi connectivity index (χ0v) is 16.9. The topological polar surface area (TPSA) is 50.8 Å². The minimum Gasteiger partial charge on any atom is -0.490 e. The highest BCUT2D eigenvalue weighted by atomic mass is 16.5. The van der Waals surface area contributed by atoms with Gasteiger partial charge >= 0.3 is 0 Å². The molecule has 1 amide bonds. The molecule has 3 aromatic carbocycles. The largest absolute Gasteiger partial charge is 0.490 e. The zero-order valence-electron chi connectivity index (χ0n) is 16.9. The molecule has 0 atom stereocenters. The molecule has 5 heteroatoms. The van der Waals surface area contributed by atoms with Gasteiger partial charge in [-0.05, 0) is 60.9 Å². The van der Waals surface area contributed by atoms with E-state index in [9.17, 15) is 4.79 Å². The second-order valence-electron chi connectivity index (χ2n) is 7.24. The number of rotatable bonds is 8. The van der Waals surface area contributed by atoms with E-state index in [0.717, 1.165) is 36.6 Å². The molecular formula is C25H26N2O3. The van der Waals surface area contributed by atoms with E-state index in [1.54, 1.807) is 0 Å². The molecule has 1 N–H and O–H groups in total. The van der Waals surface area contributed by atoms with E-state index in [-0.39, 0.29) is 5.91 Å². The van der Waals surface area contributed by atoms with E-state index in [2.05, 4.69) is 28.4 Å². The van der Waals surface area contributed by atoms with Crippen LogP contribution in [0, 0.1) is 0 Å². The molecule has 5 nitrogen and oxygen atoms in total. The van der Waals surface area contributed by atoms with Crippen LogP contribution < -0.4 is 19.7 Å². The van der Waals surface area contributed by atoms with Gasteiger partial charge in [-0.2, -0.15) is 0 Å². The Morgan fingerprint density at radius 2 is 1.50 bits per heavy atom. The molecule has 154 valence electrons. The summed E-state index contributed by atoms with van der Waals surface area (Å²) in [4.78, 5) is 14.7. The van der Waals surface area contributed by atoms with E-state index >= 15 is 0 Å². The molecule has 3 aromatic rings. The number of hydrogen-bond acceptors (Lipinski definition) is 4. The first-order chi connectivity index (χ1) is 14.8. The lowest BCUT2D eigenvalue weighted by Gasteiger charge is -2.30. The average Bonchev–Trinajstić information content (AvgIpc) is 2.79. The molecular weight excluding hydrogens is 376 g/mol. The van der Waals surface area contributed by atoms with Gasteiger partial charge in [0.25, 0.3) is 0 Å². The summed E-state index contributed by atoms with van der Waals surface area (Å²) in [5, 5.41) is 2.98. The highest BCUT2D eigenvalue weighted by Gasteiger charge is 2.18. The molecule has 0 spiro atoms. The second-order valence-corrected chi connectivity index (χ2v) is 7.24. The van der Waals surface area contributed by atoms with Crippen molar-refractivity contribution >= 4 is 17.3 Å². The second kappa shape index (κ2) is 9.83. The summed E-state index contributed by atoms with van der Waals surface area (Å²) in [6.07, 6.45) is 2.15. The number of ether oxygens (including phenoxy) is 2. The van der Waals surface area contributed by atoms with Crippen LogP contribution in [0.15, 0.2) is 78.9 Å². The van der Waals surface area contributed by atoms with Crippen LogP contribution in [-0.2, 0) is 11.2 Å². The summed E-state index contributed by atoms with van der Waals surface area (Å²) >= 11 is 0. The number of hydrogen-bond donors (Lipinski definition) is 1. The lowest BCUT2D eigenvalue weighted by Crippen LogP contribution is -2.36. The predicted molar refractivity (Wildman–Crippen MR) is 119 cm³/mol. The highest BCUT2D eigenvalue weighted by molar-refractivity contribution is 5.94. The van der Waals surface area contributed by atoms with Gasteiger partial charge in [-0.1, -0.05) is 36.4 Å². The van der Waals surface area contributed by atoms with E-state index in [1.807, 2.05) is 60.7 Å². The van der Waals surface area contributed by atoms with Crippen molar-refractivity contribution in [2.24, 2.45) is 0 Å². The SMILES string of the molecule is O=C(CN1CCCc2ccccc21)Nc1ccc(OCCOc2ccccc2)cc1. The molecule has 0 bridgehead atoms. The zero-order chi connectivity index (χ0) is 20.6. The molecule has 0 fully saturated rings. The molecule has 0 unspecified atom stereocenters. The molecule has 0 saturated heterocycles. The van der Waals surface area contributed by atoms with Crippen molar-refractivity contribution < 1.29 is 14.3 Å². The maximum atomic E-state index is 12.5. The summed E-state index contributed by atoms with van der Waals surface area (Å²) < 4.78 is 11.3. The Kier molecular flexibility index (Phi) is 6.50. The Labute approximate surface area is 177 Å². The van der Waals surface area contributed by atoms with Crippen molar-refractivity contribution in [3.8, 4) is 11.5 Å². The number of aryl methyl sites for hydroxylation is 1. The number of fused-ring (bicyclic) bond motifs is 1. The Morgan fingerprint density at radius 3 is 2.27 bits per heavy atom. The van der Waals surface area contributed by atoms with Crippen molar-refractivity contribution in [3.05, 3.63) is 84.4 Å². The highest BCUT2D eigenvalue weighted by Crippen LogP contribution is 2.26. The summed E-state index contributed by atoms with van der Waals surface area (Å²) in [5.74, 6) is 1.56. The van der Waals surface area contributed by atoms with Gasteiger partial charge in [0.05, 0.1) is 6.54 Å². The van der Waals surface area contributed by atoms with Crippen LogP contribution in [-0.4, -0.2) is 32.2 Å². The first-order valence-electron chi connectivity index (χ1n) is 10.3. The lowest BCUT2D eigenvalue weighted by molar-refractivity contribution is -0.115. The maximum Gasteiger partial charge on any atom is 0.243 e. The van der Waals surface area contributed by atoms with E-state index in [1.165, 1.54) is 11.3 Å². The Hall–Kier alpha value is -3.47. The number of para-hydroxylation sites is 2. The van der Waals surface area contributed by atoms with Crippen molar-refractivity contribution in [1.29, 1.82) is 0 Å². The van der Waals surface area contributed by atoms with Gasteiger partial charge in [0.2, 0.25) is 5.91 Å². The smallest absolute Gasteiger partial charge is 0.243 e. The third kappa shape index (κ3) is 5.32. The number of benzene rings is 3. The fourth-order valence-corrected chi connectivity index (χ4v) is 3.62. The minimum atomic E-state index is -0.0170. The van der Waals surface area contributed by atoms with Gasteiger partial charge in [0.1, 0.15) is 24.7 Å². The Bertz CT molecular complexity index is 958. The Balaban J connectivity index is 1.23. The summed E-state index contributed by atoms with van der Waals surface area (Å²) in [7, 11) is 0. The molecule has 0 radical (unpaired) electrons. The van der Waals surface area contributed by atoms with Crippen molar-refractivity contribution in [1.82, 2.24) is 0 Å². The van der Waals surface area contributed by atoms with Crippen molar-refractivity contribution in [3.63, 3.8) is 0 Å². The molecule has 0 aromatic heterocycles. The van der Waals surface area contributed by atoms with E-state index < -0.39 is 0 Å². The van der Waals surface area contributed by atoms with Crippen LogP contribution in [0.1, 0.15) is 12.0 Å². The molecule has 1 aliphatic rings. The fraction of sp³-hybridized carbons (Fsp3) is 0.240. The van der Waals surface area contributed by atoms with Gasteiger partial charge < -0.3 is 19.7 Å². The minimum absolute atomic E-state index is 0.0170. The fourth-order valence-electron chi connectivity index (χ4n) is 3.62. The molecule has 30 heavy (non-hydrogen) atoms. The van der Waals surface area contributed by atoms with Crippen LogP contribution in [0.5, 0.6) is 11.5 Å². The number of carbonyl (C=O) groups is 1. The third-order valence-electron chi connectivity index (χ3n) is 5.04. The number of nitrogens with zero attached hydrogens (tertiary/aromatic N) is 1. The molecule has 0 aliphatic carbocycles. The first-order valence-corrected chi connectivity index (χ1v) is 10.3. The summed E-state index contributed by atoms with van der Waals surface area (Å²) in [6, 6.07) is 25.4. The summed E-state index contributed by atoms with van der Waals surface area (Å²) in [6.45, 7) is 2.18. The third-order valence-corrected chi connectivity index (χ3v) is 5.04. The van der Waals surface area contributed by atoms with Crippen molar-refractivity contribution in [2.75, 3.05) is 36.5 Å². The van der Waals surface area contributed by atoms with Crippen LogP contribution in [0.4, 0.5) is 11.4 Å². The number of carbonyl (C=O) groups excluding carboxylic acids is 1. The van der Waals surface area contributed by atoms with Gasteiger partial charge in [-0.3, -0.25) is 4.79 Å². The van der Waals surface area contributed by atoms with Crippen LogP contribution in [0.3, 0.4) is 0 Å². The maximum absolute atomic E-state index is 12.5. The van der Waals surface area contributed by atoms with Crippen LogP contribution in [0.25, 0.3) is 0 Å². The molecule has 0 saturated carbocycles. The van der Waals surface area contributed by atoms with Crippen LogP contribution in [0.2, 0.25) is 0 Å². The number of anilines is 2.